The van der Waals surface area contributed by atoms with Crippen molar-refractivity contribution in [2.75, 3.05) is 13.1 Å². The topological polar surface area (TPSA) is 246 Å². The quantitative estimate of drug-likeness (QED) is 0.0962. The molecule has 0 radical (unpaired) electrons. The largest absolute Gasteiger partial charge is 0.480 e. The lowest BCUT2D eigenvalue weighted by Crippen LogP contribution is -2.58. The summed E-state index contributed by atoms with van der Waals surface area (Å²) in [7, 11) is 0. The van der Waals surface area contributed by atoms with E-state index in [2.05, 4.69) is 16.0 Å². The monoisotopic (exact) mass is 487 g/mol. The highest BCUT2D eigenvalue weighted by atomic mass is 16.4. The van der Waals surface area contributed by atoms with E-state index in [0.29, 0.717) is 45.2 Å². The van der Waals surface area contributed by atoms with Crippen molar-refractivity contribution in [3.8, 4) is 0 Å². The number of unbranched alkanes of at least 4 members (excludes halogenated alkanes) is 2. The summed E-state index contributed by atoms with van der Waals surface area (Å²) in [5.41, 5.74) is 22.0. The molecule has 0 fully saturated rings. The summed E-state index contributed by atoms with van der Waals surface area (Å²) in [4.78, 5) is 61.0. The van der Waals surface area contributed by atoms with Gasteiger partial charge in [0, 0.05) is 0 Å². The summed E-state index contributed by atoms with van der Waals surface area (Å²) in [5.74, 6) is -4.61. The summed E-state index contributed by atoms with van der Waals surface area (Å²) in [6.07, 6.45) is 2.35. The Balaban J connectivity index is 5.44. The molecule has 0 aromatic rings. The lowest BCUT2D eigenvalue weighted by atomic mass is 10.0. The van der Waals surface area contributed by atoms with Crippen LogP contribution in [0, 0.1) is 5.92 Å². The van der Waals surface area contributed by atoms with Crippen LogP contribution in [-0.4, -0.2) is 72.0 Å². The SMILES string of the molecule is CC(C)C(NC(=O)C(CCCCN)NC(=O)C(CC(N)=O)NC(=O)C(N)CCCCN)C(=O)O. The molecule has 34 heavy (non-hydrogen) atoms. The van der Waals surface area contributed by atoms with Gasteiger partial charge in [0.1, 0.15) is 18.1 Å². The van der Waals surface area contributed by atoms with Gasteiger partial charge in [0.25, 0.3) is 0 Å². The normalized spacial score (nSPS) is 14.5. The number of hydrogen-bond donors (Lipinski definition) is 8. The first-order valence-electron chi connectivity index (χ1n) is 11.5. The first-order chi connectivity index (χ1) is 15.9. The molecule has 0 bridgehead atoms. The zero-order valence-corrected chi connectivity index (χ0v) is 20.0. The van der Waals surface area contributed by atoms with Crippen LogP contribution in [0.25, 0.3) is 0 Å². The Morgan fingerprint density at radius 3 is 1.74 bits per heavy atom. The molecular weight excluding hydrogens is 446 g/mol. The van der Waals surface area contributed by atoms with Crippen LogP contribution in [0.2, 0.25) is 0 Å². The number of primary amides is 1. The second-order valence-corrected chi connectivity index (χ2v) is 8.54. The molecule has 4 amide bonds. The van der Waals surface area contributed by atoms with Gasteiger partial charge in [-0.2, -0.15) is 0 Å². The number of carboxylic acid groups (broad SMARTS) is 1. The molecule has 0 aromatic carbocycles. The number of carbonyl (C=O) groups excluding carboxylic acids is 4. The van der Waals surface area contributed by atoms with Crippen molar-refractivity contribution in [3.63, 3.8) is 0 Å². The van der Waals surface area contributed by atoms with Gasteiger partial charge in [0.15, 0.2) is 0 Å². The zero-order chi connectivity index (χ0) is 26.3. The van der Waals surface area contributed by atoms with Gasteiger partial charge >= 0.3 is 5.97 Å². The smallest absolute Gasteiger partial charge is 0.326 e. The van der Waals surface area contributed by atoms with Crippen molar-refractivity contribution >= 4 is 29.6 Å². The van der Waals surface area contributed by atoms with Crippen molar-refractivity contribution in [1.82, 2.24) is 16.0 Å². The summed E-state index contributed by atoms with van der Waals surface area (Å²) in [6.45, 7) is 4.09. The van der Waals surface area contributed by atoms with Crippen LogP contribution >= 0.6 is 0 Å². The molecule has 12 N–H and O–H groups in total. The van der Waals surface area contributed by atoms with E-state index in [-0.39, 0.29) is 6.42 Å². The minimum atomic E-state index is -1.35. The summed E-state index contributed by atoms with van der Waals surface area (Å²) >= 11 is 0. The second-order valence-electron chi connectivity index (χ2n) is 8.54. The Labute approximate surface area is 200 Å². The van der Waals surface area contributed by atoms with E-state index in [9.17, 15) is 29.1 Å². The Hall–Kier alpha value is -2.77. The summed E-state index contributed by atoms with van der Waals surface area (Å²) in [6, 6.07) is -4.53. The van der Waals surface area contributed by atoms with Gasteiger partial charge in [0.05, 0.1) is 12.5 Å². The van der Waals surface area contributed by atoms with Gasteiger partial charge in [-0.15, -0.1) is 0 Å². The molecule has 13 heteroatoms. The van der Waals surface area contributed by atoms with Crippen molar-refractivity contribution in [2.24, 2.45) is 28.9 Å². The van der Waals surface area contributed by atoms with Gasteiger partial charge in [0.2, 0.25) is 23.6 Å². The zero-order valence-electron chi connectivity index (χ0n) is 20.0. The number of rotatable bonds is 18. The molecule has 0 aromatic heterocycles. The molecule has 0 saturated heterocycles. The number of carbonyl (C=O) groups is 5. The van der Waals surface area contributed by atoms with Crippen LogP contribution in [0.3, 0.4) is 0 Å². The molecule has 0 saturated carbocycles. The van der Waals surface area contributed by atoms with Crippen LogP contribution in [0.4, 0.5) is 0 Å². The number of aliphatic carboxylic acids is 1. The van der Waals surface area contributed by atoms with Crippen LogP contribution < -0.4 is 38.9 Å². The maximum Gasteiger partial charge on any atom is 0.326 e. The van der Waals surface area contributed by atoms with Crippen molar-refractivity contribution in [1.29, 1.82) is 0 Å². The predicted octanol–water partition coefficient (Wildman–Crippen LogP) is -2.36. The van der Waals surface area contributed by atoms with E-state index in [1.54, 1.807) is 13.8 Å². The number of nitrogens with one attached hydrogen (secondary N) is 3. The van der Waals surface area contributed by atoms with Gasteiger partial charge < -0.3 is 44.0 Å². The number of amides is 4. The van der Waals surface area contributed by atoms with Crippen LogP contribution in [0.5, 0.6) is 0 Å². The minimum absolute atomic E-state index is 0.176. The Morgan fingerprint density at radius 2 is 1.26 bits per heavy atom. The minimum Gasteiger partial charge on any atom is -0.480 e. The van der Waals surface area contributed by atoms with Crippen LogP contribution in [0.1, 0.15) is 58.8 Å². The fourth-order valence-electron chi connectivity index (χ4n) is 3.13. The number of nitrogens with two attached hydrogens (primary N) is 4. The highest BCUT2D eigenvalue weighted by Crippen LogP contribution is 2.07. The predicted molar refractivity (Wildman–Crippen MR) is 126 cm³/mol. The molecule has 0 heterocycles. The van der Waals surface area contributed by atoms with Crippen molar-refractivity contribution < 1.29 is 29.1 Å². The van der Waals surface area contributed by atoms with Gasteiger partial charge in [-0.05, 0) is 51.1 Å². The van der Waals surface area contributed by atoms with Gasteiger partial charge in [-0.3, -0.25) is 19.2 Å². The fourth-order valence-corrected chi connectivity index (χ4v) is 3.13. The van der Waals surface area contributed by atoms with Crippen molar-refractivity contribution in [3.05, 3.63) is 0 Å². The third-order valence-corrected chi connectivity index (χ3v) is 5.15. The second kappa shape index (κ2) is 16.8. The average molecular weight is 488 g/mol. The van der Waals surface area contributed by atoms with E-state index < -0.39 is 66.1 Å². The van der Waals surface area contributed by atoms with Crippen LogP contribution in [0.15, 0.2) is 0 Å². The highest BCUT2D eigenvalue weighted by Gasteiger charge is 2.31. The van der Waals surface area contributed by atoms with E-state index in [1.165, 1.54) is 0 Å². The number of carboxylic acids is 1. The van der Waals surface area contributed by atoms with Crippen molar-refractivity contribution in [2.45, 2.75) is 83.0 Å². The Morgan fingerprint density at radius 1 is 0.765 bits per heavy atom. The van der Waals surface area contributed by atoms with Crippen LogP contribution in [-0.2, 0) is 24.0 Å². The average Bonchev–Trinajstić information content (AvgIpc) is 2.75. The molecule has 0 aliphatic carbocycles. The Kier molecular flexibility index (Phi) is 15.4. The highest BCUT2D eigenvalue weighted by molar-refractivity contribution is 5.96. The summed E-state index contributed by atoms with van der Waals surface area (Å²) in [5, 5.41) is 16.7. The maximum absolute atomic E-state index is 12.9. The lowest BCUT2D eigenvalue weighted by Gasteiger charge is -2.25. The number of hydrogen-bond acceptors (Lipinski definition) is 8. The third kappa shape index (κ3) is 12.5. The molecule has 4 unspecified atom stereocenters. The Bertz CT molecular complexity index is 689. The first-order valence-corrected chi connectivity index (χ1v) is 11.5. The molecule has 196 valence electrons. The third-order valence-electron chi connectivity index (χ3n) is 5.15. The molecule has 13 nitrogen and oxygen atoms in total. The van der Waals surface area contributed by atoms with Gasteiger partial charge in [-0.25, -0.2) is 4.79 Å². The molecule has 0 aliphatic rings. The molecule has 0 spiro atoms. The molecular formula is C21H41N7O6. The molecule has 0 rings (SSSR count). The van der Waals surface area contributed by atoms with E-state index in [1.807, 2.05) is 0 Å². The summed E-state index contributed by atoms with van der Waals surface area (Å²) < 4.78 is 0. The first kappa shape index (κ1) is 31.2. The molecule has 4 atom stereocenters. The fraction of sp³-hybridized carbons (Fsp3) is 0.762. The maximum atomic E-state index is 12.9. The van der Waals surface area contributed by atoms with E-state index >= 15 is 0 Å². The van der Waals surface area contributed by atoms with Gasteiger partial charge in [-0.1, -0.05) is 20.3 Å². The molecule has 0 aliphatic heterocycles. The van der Waals surface area contributed by atoms with E-state index in [0.717, 1.165) is 0 Å². The lowest BCUT2D eigenvalue weighted by molar-refractivity contribution is -0.143. The van der Waals surface area contributed by atoms with E-state index in [4.69, 9.17) is 22.9 Å². The standard InChI is InChI=1S/C21H41N7O6/c1-12(2)17(21(33)34)28-19(31)14(8-4-6-10-23)26-20(32)15(11-16(25)29)27-18(30)13(24)7-3-5-9-22/h12-15,17H,3-11,22-24H2,1-2H3,(H2,25,29)(H,26,32)(H,27,30)(H,28,31)(H,33,34).